The Kier molecular flexibility index (Phi) is 4.77. The van der Waals surface area contributed by atoms with Crippen LogP contribution in [0.25, 0.3) is 0 Å². The maximum absolute atomic E-state index is 11.5. The van der Waals surface area contributed by atoms with E-state index in [-0.39, 0.29) is 12.5 Å². The number of ether oxygens (including phenoxy) is 1. The monoisotopic (exact) mass is 208 g/mol. The van der Waals surface area contributed by atoms with Crippen LogP contribution in [-0.2, 0) is 16.1 Å². The summed E-state index contributed by atoms with van der Waals surface area (Å²) in [4.78, 5) is 17.1. The molecule has 1 amide bonds. The lowest BCUT2D eigenvalue weighted by Gasteiger charge is -2.16. The molecule has 82 valence electrons. The van der Waals surface area contributed by atoms with Gasteiger partial charge in [0, 0.05) is 32.6 Å². The van der Waals surface area contributed by atoms with Gasteiger partial charge in [0.2, 0.25) is 5.91 Å². The number of rotatable bonds is 5. The van der Waals surface area contributed by atoms with Gasteiger partial charge in [-0.15, -0.1) is 0 Å². The Morgan fingerprint density at radius 2 is 2.40 bits per heavy atom. The summed E-state index contributed by atoms with van der Waals surface area (Å²) in [6.45, 7) is 3.15. The zero-order chi connectivity index (χ0) is 11.1. The van der Waals surface area contributed by atoms with Crippen LogP contribution >= 0.6 is 0 Å². The third kappa shape index (κ3) is 4.08. The van der Waals surface area contributed by atoms with Crippen molar-refractivity contribution in [1.82, 2.24) is 9.88 Å². The number of aromatic nitrogens is 1. The second-order valence-corrected chi connectivity index (χ2v) is 3.25. The summed E-state index contributed by atoms with van der Waals surface area (Å²) in [6, 6.07) is 3.80. The van der Waals surface area contributed by atoms with E-state index in [2.05, 4.69) is 4.98 Å². The Bertz CT molecular complexity index is 301. The molecule has 0 aromatic carbocycles. The van der Waals surface area contributed by atoms with Crippen molar-refractivity contribution in [3.05, 3.63) is 30.1 Å². The van der Waals surface area contributed by atoms with Gasteiger partial charge in [0.05, 0.1) is 0 Å². The number of carbonyl (C=O) groups excluding carboxylic acids is 1. The molecule has 1 heterocycles. The van der Waals surface area contributed by atoms with Gasteiger partial charge in [-0.05, 0) is 18.6 Å². The standard InChI is InChI=1S/C11H16N2O2/c1-3-15-9-11(14)13(2)8-10-5-4-6-12-7-10/h4-7H,3,8-9H2,1-2H3. The van der Waals surface area contributed by atoms with E-state index in [1.54, 1.807) is 24.3 Å². The Morgan fingerprint density at radius 1 is 1.60 bits per heavy atom. The van der Waals surface area contributed by atoms with Crippen LogP contribution in [0, 0.1) is 0 Å². The van der Waals surface area contributed by atoms with Crippen LogP contribution in [0.1, 0.15) is 12.5 Å². The molecule has 0 saturated heterocycles. The quantitative estimate of drug-likeness (QED) is 0.727. The summed E-state index contributed by atoms with van der Waals surface area (Å²) < 4.78 is 5.05. The topological polar surface area (TPSA) is 42.4 Å². The molecule has 1 aromatic rings. The van der Waals surface area contributed by atoms with E-state index < -0.39 is 0 Å². The fourth-order valence-electron chi connectivity index (χ4n) is 1.15. The second kappa shape index (κ2) is 6.14. The summed E-state index contributed by atoms with van der Waals surface area (Å²) in [5.74, 6) is -0.0132. The van der Waals surface area contributed by atoms with Gasteiger partial charge in [-0.2, -0.15) is 0 Å². The number of likely N-dealkylation sites (N-methyl/N-ethyl adjacent to an activating group) is 1. The number of hydrogen-bond acceptors (Lipinski definition) is 3. The summed E-state index contributed by atoms with van der Waals surface area (Å²) >= 11 is 0. The zero-order valence-corrected chi connectivity index (χ0v) is 9.14. The molecule has 0 bridgehead atoms. The number of carbonyl (C=O) groups is 1. The van der Waals surface area contributed by atoms with Crippen molar-refractivity contribution in [2.75, 3.05) is 20.3 Å². The fourth-order valence-corrected chi connectivity index (χ4v) is 1.15. The molecule has 0 atom stereocenters. The highest BCUT2D eigenvalue weighted by molar-refractivity contribution is 5.77. The van der Waals surface area contributed by atoms with E-state index >= 15 is 0 Å². The molecule has 15 heavy (non-hydrogen) atoms. The van der Waals surface area contributed by atoms with Crippen molar-refractivity contribution in [3.63, 3.8) is 0 Å². The maximum atomic E-state index is 11.5. The first-order chi connectivity index (χ1) is 7.24. The van der Waals surface area contributed by atoms with Crippen LogP contribution in [0.15, 0.2) is 24.5 Å². The molecule has 0 fully saturated rings. The first-order valence-corrected chi connectivity index (χ1v) is 4.94. The number of nitrogens with zero attached hydrogens (tertiary/aromatic N) is 2. The lowest BCUT2D eigenvalue weighted by Crippen LogP contribution is -2.29. The SMILES string of the molecule is CCOCC(=O)N(C)Cc1cccnc1. The van der Waals surface area contributed by atoms with Crippen LogP contribution in [0.3, 0.4) is 0 Å². The predicted molar refractivity (Wildman–Crippen MR) is 57.2 cm³/mol. The van der Waals surface area contributed by atoms with Gasteiger partial charge < -0.3 is 9.64 Å². The summed E-state index contributed by atoms with van der Waals surface area (Å²) in [5.41, 5.74) is 1.02. The van der Waals surface area contributed by atoms with Crippen molar-refractivity contribution in [3.8, 4) is 0 Å². The van der Waals surface area contributed by atoms with Gasteiger partial charge in [0.1, 0.15) is 6.61 Å². The Morgan fingerprint density at radius 3 is 3.00 bits per heavy atom. The average molecular weight is 208 g/mol. The Hall–Kier alpha value is -1.42. The van der Waals surface area contributed by atoms with Gasteiger partial charge in [-0.3, -0.25) is 9.78 Å². The lowest BCUT2D eigenvalue weighted by molar-refractivity contribution is -0.135. The highest BCUT2D eigenvalue weighted by Gasteiger charge is 2.08. The fraction of sp³-hybridized carbons (Fsp3) is 0.455. The molecule has 4 nitrogen and oxygen atoms in total. The lowest BCUT2D eigenvalue weighted by atomic mass is 10.3. The van der Waals surface area contributed by atoms with Crippen LogP contribution in [0.5, 0.6) is 0 Å². The van der Waals surface area contributed by atoms with Crippen molar-refractivity contribution < 1.29 is 9.53 Å². The second-order valence-electron chi connectivity index (χ2n) is 3.25. The van der Waals surface area contributed by atoms with Gasteiger partial charge in [0.25, 0.3) is 0 Å². The van der Waals surface area contributed by atoms with E-state index in [0.717, 1.165) is 5.56 Å². The number of pyridine rings is 1. The van der Waals surface area contributed by atoms with E-state index in [4.69, 9.17) is 4.74 Å². The van der Waals surface area contributed by atoms with E-state index in [0.29, 0.717) is 13.2 Å². The summed E-state index contributed by atoms with van der Waals surface area (Å²) in [5, 5.41) is 0. The molecule has 1 aromatic heterocycles. The Balaban J connectivity index is 2.41. The highest BCUT2D eigenvalue weighted by atomic mass is 16.5. The molecular weight excluding hydrogens is 192 g/mol. The predicted octanol–water partition coefficient (Wildman–Crippen LogP) is 1.08. The molecule has 0 aliphatic carbocycles. The first-order valence-electron chi connectivity index (χ1n) is 4.94. The molecule has 0 N–H and O–H groups in total. The van der Waals surface area contributed by atoms with Crippen LogP contribution < -0.4 is 0 Å². The van der Waals surface area contributed by atoms with Crippen molar-refractivity contribution in [1.29, 1.82) is 0 Å². The molecule has 0 spiro atoms. The molecule has 0 aliphatic rings. The average Bonchev–Trinajstić information content (AvgIpc) is 2.27. The van der Waals surface area contributed by atoms with Gasteiger partial charge in [0.15, 0.2) is 0 Å². The third-order valence-electron chi connectivity index (χ3n) is 2.00. The molecule has 0 radical (unpaired) electrons. The minimum atomic E-state index is -0.0132. The minimum absolute atomic E-state index is 0.0132. The summed E-state index contributed by atoms with van der Waals surface area (Å²) in [6.07, 6.45) is 3.47. The van der Waals surface area contributed by atoms with Crippen molar-refractivity contribution >= 4 is 5.91 Å². The van der Waals surface area contributed by atoms with Crippen LogP contribution in [-0.4, -0.2) is 36.1 Å². The van der Waals surface area contributed by atoms with Gasteiger partial charge in [-0.25, -0.2) is 0 Å². The molecule has 0 unspecified atom stereocenters. The maximum Gasteiger partial charge on any atom is 0.248 e. The number of hydrogen-bond donors (Lipinski definition) is 0. The molecule has 0 saturated carbocycles. The van der Waals surface area contributed by atoms with Gasteiger partial charge >= 0.3 is 0 Å². The summed E-state index contributed by atoms with van der Waals surface area (Å²) in [7, 11) is 1.76. The van der Waals surface area contributed by atoms with E-state index in [1.165, 1.54) is 0 Å². The van der Waals surface area contributed by atoms with Crippen LogP contribution in [0.2, 0.25) is 0 Å². The third-order valence-corrected chi connectivity index (χ3v) is 2.00. The number of amides is 1. The van der Waals surface area contributed by atoms with E-state index in [9.17, 15) is 4.79 Å². The Labute approximate surface area is 89.9 Å². The van der Waals surface area contributed by atoms with E-state index in [1.807, 2.05) is 19.1 Å². The highest BCUT2D eigenvalue weighted by Crippen LogP contribution is 2.00. The van der Waals surface area contributed by atoms with Crippen LogP contribution in [0.4, 0.5) is 0 Å². The molecule has 4 heteroatoms. The normalized spacial score (nSPS) is 10.0. The smallest absolute Gasteiger partial charge is 0.248 e. The first kappa shape index (κ1) is 11.7. The zero-order valence-electron chi connectivity index (χ0n) is 9.14. The largest absolute Gasteiger partial charge is 0.372 e. The minimum Gasteiger partial charge on any atom is -0.372 e. The molecular formula is C11H16N2O2. The van der Waals surface area contributed by atoms with Gasteiger partial charge in [-0.1, -0.05) is 6.07 Å². The molecule has 0 aliphatic heterocycles. The van der Waals surface area contributed by atoms with Crippen molar-refractivity contribution in [2.24, 2.45) is 0 Å². The van der Waals surface area contributed by atoms with Crippen molar-refractivity contribution in [2.45, 2.75) is 13.5 Å². The molecule has 1 rings (SSSR count).